The Hall–Kier alpha value is -0.683. The van der Waals surface area contributed by atoms with Gasteiger partial charge in [0.1, 0.15) is 13.5 Å². The fourth-order valence-electron chi connectivity index (χ4n) is 2.08. The molecule has 0 fully saturated rings. The lowest BCUT2D eigenvalue weighted by Crippen LogP contribution is -2.42. The van der Waals surface area contributed by atoms with Crippen molar-refractivity contribution in [3.05, 3.63) is 35.9 Å². The third kappa shape index (κ3) is 6.34. The van der Waals surface area contributed by atoms with Crippen LogP contribution in [0.15, 0.2) is 30.3 Å². The van der Waals surface area contributed by atoms with Crippen molar-refractivity contribution in [3.8, 4) is 0 Å². The zero-order valence-corrected chi connectivity index (χ0v) is 13.8. The fourth-order valence-corrected chi connectivity index (χ4v) is 3.67. The molecule has 0 heterocycles. The molecular formula is C15H27NO2Si. The van der Waals surface area contributed by atoms with Crippen molar-refractivity contribution in [3.63, 3.8) is 0 Å². The molecule has 0 N–H and O–H groups in total. The minimum Gasteiger partial charge on any atom is -0.359 e. The van der Waals surface area contributed by atoms with Crippen LogP contribution in [0, 0.1) is 0 Å². The fraction of sp³-hybridized carbons (Fsp3) is 0.600. The standard InChI is InChI=1S/C15H27NO2Si/c1-14(15-9-7-6-8-10-15)16(11-18-13-17-2)12-19(3,4)5/h6-10,14H,11-13H2,1-5H3/t14-/m0/s1. The van der Waals surface area contributed by atoms with Crippen molar-refractivity contribution in [1.29, 1.82) is 0 Å². The predicted molar refractivity (Wildman–Crippen MR) is 82.7 cm³/mol. The summed E-state index contributed by atoms with van der Waals surface area (Å²) in [7, 11) is 0.485. The van der Waals surface area contributed by atoms with Gasteiger partial charge in [0.05, 0.1) is 8.07 Å². The molecule has 0 aliphatic rings. The summed E-state index contributed by atoms with van der Waals surface area (Å²) in [6.07, 6.45) is 1.12. The van der Waals surface area contributed by atoms with Crippen molar-refractivity contribution in [2.45, 2.75) is 32.6 Å². The number of rotatable bonds is 8. The van der Waals surface area contributed by atoms with E-state index in [-0.39, 0.29) is 0 Å². The third-order valence-electron chi connectivity index (χ3n) is 2.97. The number of nitrogens with zero attached hydrogens (tertiary/aromatic N) is 1. The molecule has 1 atom stereocenters. The Morgan fingerprint density at radius 2 is 1.79 bits per heavy atom. The maximum Gasteiger partial charge on any atom is 0.148 e. The lowest BCUT2D eigenvalue weighted by molar-refractivity contribution is -0.0781. The second-order valence-electron chi connectivity index (χ2n) is 6.13. The third-order valence-corrected chi connectivity index (χ3v) is 4.32. The van der Waals surface area contributed by atoms with Crippen LogP contribution < -0.4 is 0 Å². The Kier molecular flexibility index (Phi) is 6.72. The average Bonchev–Trinajstić information content (AvgIpc) is 2.36. The lowest BCUT2D eigenvalue weighted by Gasteiger charge is -2.33. The van der Waals surface area contributed by atoms with Crippen LogP contribution in [-0.4, -0.2) is 39.8 Å². The summed E-state index contributed by atoms with van der Waals surface area (Å²) in [6, 6.07) is 11.0. The second kappa shape index (κ2) is 7.80. The van der Waals surface area contributed by atoms with E-state index >= 15 is 0 Å². The summed E-state index contributed by atoms with van der Waals surface area (Å²) >= 11 is 0. The molecule has 1 aromatic rings. The van der Waals surface area contributed by atoms with Gasteiger partial charge in [-0.1, -0.05) is 50.0 Å². The largest absolute Gasteiger partial charge is 0.359 e. The van der Waals surface area contributed by atoms with E-state index in [1.807, 2.05) is 0 Å². The Morgan fingerprint density at radius 1 is 1.16 bits per heavy atom. The first kappa shape index (κ1) is 16.4. The first-order chi connectivity index (χ1) is 8.94. The van der Waals surface area contributed by atoms with Crippen molar-refractivity contribution >= 4 is 8.07 Å². The first-order valence-electron chi connectivity index (χ1n) is 6.80. The highest BCUT2D eigenvalue weighted by molar-refractivity contribution is 6.76. The van der Waals surface area contributed by atoms with Gasteiger partial charge in [-0.25, -0.2) is 0 Å². The molecule has 0 unspecified atom stereocenters. The number of ether oxygens (including phenoxy) is 2. The Morgan fingerprint density at radius 3 is 2.32 bits per heavy atom. The van der Waals surface area contributed by atoms with Gasteiger partial charge in [-0.05, 0) is 18.7 Å². The Bertz CT molecular complexity index is 351. The maximum atomic E-state index is 5.56. The van der Waals surface area contributed by atoms with Crippen molar-refractivity contribution in [1.82, 2.24) is 4.90 Å². The van der Waals surface area contributed by atoms with Crippen LogP contribution in [0.2, 0.25) is 19.6 Å². The van der Waals surface area contributed by atoms with Crippen LogP contribution in [0.25, 0.3) is 0 Å². The highest BCUT2D eigenvalue weighted by atomic mass is 28.3. The lowest BCUT2D eigenvalue weighted by atomic mass is 10.1. The molecule has 0 amide bonds. The molecule has 0 radical (unpaired) electrons. The number of hydrogen-bond acceptors (Lipinski definition) is 3. The summed E-state index contributed by atoms with van der Waals surface area (Å²) in [6.45, 7) is 10.4. The zero-order chi connectivity index (χ0) is 14.3. The van der Waals surface area contributed by atoms with E-state index in [1.54, 1.807) is 7.11 Å². The highest BCUT2D eigenvalue weighted by Gasteiger charge is 2.23. The number of hydrogen-bond donors (Lipinski definition) is 0. The molecule has 0 aliphatic carbocycles. The smallest absolute Gasteiger partial charge is 0.148 e. The summed E-state index contributed by atoms with van der Waals surface area (Å²) in [5.41, 5.74) is 1.33. The average molecular weight is 281 g/mol. The molecule has 1 aromatic carbocycles. The van der Waals surface area contributed by atoms with Crippen LogP contribution in [-0.2, 0) is 9.47 Å². The van der Waals surface area contributed by atoms with Gasteiger partial charge in [-0.3, -0.25) is 4.90 Å². The maximum absolute atomic E-state index is 5.56. The van der Waals surface area contributed by atoms with Crippen LogP contribution >= 0.6 is 0 Å². The van der Waals surface area contributed by atoms with Crippen molar-refractivity contribution < 1.29 is 9.47 Å². The van der Waals surface area contributed by atoms with Gasteiger partial charge in [0.2, 0.25) is 0 Å². The van der Waals surface area contributed by atoms with Crippen LogP contribution in [0.3, 0.4) is 0 Å². The van der Waals surface area contributed by atoms with Gasteiger partial charge in [-0.15, -0.1) is 0 Å². The molecule has 0 spiro atoms. The number of benzene rings is 1. The Labute approximate surface area is 118 Å². The van der Waals surface area contributed by atoms with E-state index in [0.717, 1.165) is 6.17 Å². The molecule has 0 saturated heterocycles. The van der Waals surface area contributed by atoms with E-state index in [2.05, 4.69) is 61.8 Å². The van der Waals surface area contributed by atoms with Crippen LogP contribution in [0.1, 0.15) is 18.5 Å². The molecule has 0 bridgehead atoms. The molecule has 108 valence electrons. The van der Waals surface area contributed by atoms with E-state index in [1.165, 1.54) is 5.56 Å². The van der Waals surface area contributed by atoms with Crippen LogP contribution in [0.4, 0.5) is 0 Å². The van der Waals surface area contributed by atoms with Gasteiger partial charge < -0.3 is 9.47 Å². The van der Waals surface area contributed by atoms with Crippen LogP contribution in [0.5, 0.6) is 0 Å². The van der Waals surface area contributed by atoms with E-state index in [0.29, 0.717) is 19.6 Å². The minimum atomic E-state index is -1.17. The zero-order valence-electron chi connectivity index (χ0n) is 12.8. The highest BCUT2D eigenvalue weighted by Crippen LogP contribution is 2.21. The van der Waals surface area contributed by atoms with E-state index in [4.69, 9.17) is 9.47 Å². The van der Waals surface area contributed by atoms with Crippen molar-refractivity contribution in [2.24, 2.45) is 0 Å². The topological polar surface area (TPSA) is 21.7 Å². The molecule has 3 nitrogen and oxygen atoms in total. The van der Waals surface area contributed by atoms with Gasteiger partial charge in [0, 0.05) is 13.2 Å². The summed E-state index contributed by atoms with van der Waals surface area (Å²) < 4.78 is 10.5. The van der Waals surface area contributed by atoms with E-state index < -0.39 is 8.07 Å². The SMILES string of the molecule is COCOCN(C[Si](C)(C)C)[C@@H](C)c1ccccc1. The molecule has 1 rings (SSSR count). The predicted octanol–water partition coefficient (Wildman–Crippen LogP) is 3.51. The summed E-state index contributed by atoms with van der Waals surface area (Å²) in [5, 5.41) is 0. The quantitative estimate of drug-likeness (QED) is 0.413. The minimum absolute atomic E-state index is 0.351. The molecule has 19 heavy (non-hydrogen) atoms. The van der Waals surface area contributed by atoms with Gasteiger partial charge in [0.15, 0.2) is 0 Å². The van der Waals surface area contributed by atoms with Gasteiger partial charge in [-0.2, -0.15) is 0 Å². The molecule has 0 aromatic heterocycles. The second-order valence-corrected chi connectivity index (χ2v) is 11.6. The monoisotopic (exact) mass is 281 g/mol. The summed E-state index contributed by atoms with van der Waals surface area (Å²) in [5.74, 6) is 0. The van der Waals surface area contributed by atoms with E-state index in [9.17, 15) is 0 Å². The molecule has 0 aliphatic heterocycles. The molecule has 4 heteroatoms. The normalized spacial score (nSPS) is 13.8. The van der Waals surface area contributed by atoms with Gasteiger partial charge in [0.25, 0.3) is 0 Å². The molecule has 0 saturated carbocycles. The Balaban J connectivity index is 2.71. The van der Waals surface area contributed by atoms with Gasteiger partial charge >= 0.3 is 0 Å². The first-order valence-corrected chi connectivity index (χ1v) is 10.5. The molecular weight excluding hydrogens is 254 g/mol. The summed E-state index contributed by atoms with van der Waals surface area (Å²) in [4.78, 5) is 2.40. The van der Waals surface area contributed by atoms with Crippen molar-refractivity contribution in [2.75, 3.05) is 26.8 Å². The number of methoxy groups -OCH3 is 1.